The molecule has 1 aromatic heterocycles. The molecule has 0 atom stereocenters. The second-order valence-corrected chi connectivity index (χ2v) is 6.25. The van der Waals surface area contributed by atoms with Gasteiger partial charge in [-0.25, -0.2) is 4.79 Å². The topological polar surface area (TPSA) is 79.8 Å². The number of carbonyl (C=O) groups is 1. The third-order valence-corrected chi connectivity index (χ3v) is 4.34. The number of fused-ring (bicyclic) bond motifs is 1. The highest BCUT2D eigenvalue weighted by atomic mass is 19.3. The number of hydrogen-bond donors (Lipinski definition) is 1. The smallest absolute Gasteiger partial charge is 0.395 e. The van der Waals surface area contributed by atoms with Gasteiger partial charge in [-0.1, -0.05) is 6.07 Å². The number of halogens is 2. The molecule has 1 aromatic carbocycles. The normalized spacial score (nSPS) is 18.4. The van der Waals surface area contributed by atoms with E-state index in [0.29, 0.717) is 38.5 Å². The molecule has 4 rings (SSSR count). The molecule has 0 saturated carbocycles. The van der Waals surface area contributed by atoms with Crippen molar-refractivity contribution in [3.8, 4) is 11.5 Å². The monoisotopic (exact) mass is 377 g/mol. The Bertz CT molecular complexity index is 829. The highest BCUT2D eigenvalue weighted by Gasteiger charge is 2.43. The van der Waals surface area contributed by atoms with E-state index in [2.05, 4.69) is 29.9 Å². The van der Waals surface area contributed by atoms with E-state index in [1.54, 1.807) is 29.2 Å². The van der Waals surface area contributed by atoms with Crippen molar-refractivity contribution in [3.05, 3.63) is 42.1 Å². The van der Waals surface area contributed by atoms with Crippen LogP contribution < -0.4 is 14.8 Å². The summed E-state index contributed by atoms with van der Waals surface area (Å²) in [7, 11) is 0. The lowest BCUT2D eigenvalue weighted by Gasteiger charge is -2.34. The number of nitrogens with zero attached hydrogens (tertiary/aromatic N) is 4. The van der Waals surface area contributed by atoms with Crippen molar-refractivity contribution in [1.82, 2.24) is 20.0 Å². The van der Waals surface area contributed by atoms with Crippen LogP contribution in [0.4, 0.5) is 19.4 Å². The van der Waals surface area contributed by atoms with Crippen LogP contribution in [0, 0.1) is 0 Å². The van der Waals surface area contributed by atoms with Gasteiger partial charge >= 0.3 is 12.3 Å². The van der Waals surface area contributed by atoms with Crippen LogP contribution in [-0.2, 0) is 6.54 Å². The Hall–Kier alpha value is -3.01. The number of urea groups is 1. The number of alkyl halides is 2. The number of amides is 2. The molecule has 1 N–H and O–H groups in total. The highest BCUT2D eigenvalue weighted by molar-refractivity contribution is 5.88. The van der Waals surface area contributed by atoms with Crippen LogP contribution >= 0.6 is 0 Å². The SMILES string of the molecule is O=C(Nc1cccnn1)N1CCN(Cc2ccc3c(c2)OC(F)(F)O3)CC1. The number of aromatic nitrogens is 2. The highest BCUT2D eigenvalue weighted by Crippen LogP contribution is 2.41. The molecule has 0 bridgehead atoms. The molecule has 142 valence electrons. The Kier molecular flexibility index (Phi) is 4.48. The molecule has 27 heavy (non-hydrogen) atoms. The number of anilines is 1. The first-order valence-corrected chi connectivity index (χ1v) is 8.43. The van der Waals surface area contributed by atoms with Crippen LogP contribution in [0.3, 0.4) is 0 Å². The first kappa shape index (κ1) is 17.4. The van der Waals surface area contributed by atoms with E-state index in [-0.39, 0.29) is 17.5 Å². The zero-order chi connectivity index (χ0) is 18.9. The van der Waals surface area contributed by atoms with Gasteiger partial charge in [0.1, 0.15) is 0 Å². The Balaban J connectivity index is 1.29. The number of hydrogen-bond acceptors (Lipinski definition) is 6. The number of nitrogens with one attached hydrogen (secondary N) is 1. The molecule has 1 fully saturated rings. The number of piperazine rings is 1. The van der Waals surface area contributed by atoms with Gasteiger partial charge < -0.3 is 14.4 Å². The summed E-state index contributed by atoms with van der Waals surface area (Å²) < 4.78 is 35.1. The van der Waals surface area contributed by atoms with Crippen LogP contribution in [0.15, 0.2) is 36.5 Å². The maximum absolute atomic E-state index is 13.1. The largest absolute Gasteiger partial charge is 0.586 e. The second-order valence-electron chi connectivity index (χ2n) is 6.25. The molecule has 0 radical (unpaired) electrons. The predicted molar refractivity (Wildman–Crippen MR) is 90.5 cm³/mol. The molecule has 0 aliphatic carbocycles. The number of rotatable bonds is 3. The van der Waals surface area contributed by atoms with Crippen molar-refractivity contribution in [2.24, 2.45) is 0 Å². The first-order chi connectivity index (χ1) is 13.0. The lowest BCUT2D eigenvalue weighted by molar-refractivity contribution is -0.286. The van der Waals surface area contributed by atoms with Crippen molar-refractivity contribution in [2.75, 3.05) is 31.5 Å². The van der Waals surface area contributed by atoms with Gasteiger partial charge in [-0.05, 0) is 29.8 Å². The van der Waals surface area contributed by atoms with Gasteiger partial charge in [-0.15, -0.1) is 13.9 Å². The molecule has 0 spiro atoms. The van der Waals surface area contributed by atoms with Crippen molar-refractivity contribution in [2.45, 2.75) is 12.8 Å². The Morgan fingerprint density at radius 1 is 1.15 bits per heavy atom. The average molecular weight is 377 g/mol. The summed E-state index contributed by atoms with van der Waals surface area (Å²) >= 11 is 0. The Morgan fingerprint density at radius 2 is 1.93 bits per heavy atom. The first-order valence-electron chi connectivity index (χ1n) is 8.43. The van der Waals surface area contributed by atoms with E-state index < -0.39 is 6.29 Å². The molecule has 0 unspecified atom stereocenters. The van der Waals surface area contributed by atoms with Gasteiger partial charge in [-0.3, -0.25) is 10.2 Å². The molecule has 2 aliphatic heterocycles. The molecule has 8 nitrogen and oxygen atoms in total. The maximum atomic E-state index is 13.1. The minimum atomic E-state index is -3.61. The van der Waals surface area contributed by atoms with E-state index in [1.165, 1.54) is 12.3 Å². The predicted octanol–water partition coefficient (Wildman–Crippen LogP) is 2.15. The van der Waals surface area contributed by atoms with Crippen LogP contribution in [-0.4, -0.2) is 58.5 Å². The molecule has 1 saturated heterocycles. The van der Waals surface area contributed by atoms with E-state index in [4.69, 9.17) is 0 Å². The summed E-state index contributed by atoms with van der Waals surface area (Å²) in [5.74, 6) is 0.482. The fraction of sp³-hybridized carbons (Fsp3) is 0.353. The number of benzene rings is 1. The minimum absolute atomic E-state index is 0.0363. The third-order valence-electron chi connectivity index (χ3n) is 4.34. The van der Waals surface area contributed by atoms with Crippen LogP contribution in [0.2, 0.25) is 0 Å². The average Bonchev–Trinajstić information content (AvgIpc) is 2.96. The fourth-order valence-corrected chi connectivity index (χ4v) is 3.02. The van der Waals surface area contributed by atoms with E-state index in [0.717, 1.165) is 5.56 Å². The number of carbonyl (C=O) groups excluding carboxylic acids is 1. The quantitative estimate of drug-likeness (QED) is 0.883. The van der Waals surface area contributed by atoms with Gasteiger partial charge in [-0.2, -0.15) is 5.10 Å². The van der Waals surface area contributed by atoms with E-state index >= 15 is 0 Å². The van der Waals surface area contributed by atoms with Gasteiger partial charge in [0.15, 0.2) is 17.3 Å². The Morgan fingerprint density at radius 3 is 2.67 bits per heavy atom. The van der Waals surface area contributed by atoms with Gasteiger partial charge in [0, 0.05) is 38.9 Å². The van der Waals surface area contributed by atoms with Crippen LogP contribution in [0.25, 0.3) is 0 Å². The fourth-order valence-electron chi connectivity index (χ4n) is 3.02. The van der Waals surface area contributed by atoms with Crippen molar-refractivity contribution >= 4 is 11.8 Å². The maximum Gasteiger partial charge on any atom is 0.586 e. The van der Waals surface area contributed by atoms with E-state index in [9.17, 15) is 13.6 Å². The van der Waals surface area contributed by atoms with Crippen LogP contribution in [0.5, 0.6) is 11.5 Å². The molecule has 2 aromatic rings. The standard InChI is InChI=1S/C17H17F2N5O3/c18-17(19)26-13-4-3-12(10-14(13)27-17)11-23-6-8-24(9-7-23)16(25)21-15-2-1-5-20-22-15/h1-5,10H,6-9,11H2,(H,21,22,25). The van der Waals surface area contributed by atoms with E-state index in [1.807, 2.05) is 0 Å². The summed E-state index contributed by atoms with van der Waals surface area (Å²) in [6.07, 6.45) is -2.07. The molecule has 2 aliphatic rings. The zero-order valence-electron chi connectivity index (χ0n) is 14.3. The van der Waals surface area contributed by atoms with Gasteiger partial charge in [0.05, 0.1) is 0 Å². The second kappa shape index (κ2) is 6.95. The molecular weight excluding hydrogens is 360 g/mol. The van der Waals surface area contributed by atoms with Crippen molar-refractivity contribution in [3.63, 3.8) is 0 Å². The Labute approximate surface area is 153 Å². The molecular formula is C17H17F2N5O3. The summed E-state index contributed by atoms with van der Waals surface area (Å²) in [5.41, 5.74) is 0.840. The summed E-state index contributed by atoms with van der Waals surface area (Å²) in [5, 5.41) is 10.3. The third kappa shape index (κ3) is 4.05. The lowest BCUT2D eigenvalue weighted by Crippen LogP contribution is -2.49. The van der Waals surface area contributed by atoms with Crippen molar-refractivity contribution < 1.29 is 23.0 Å². The zero-order valence-corrected chi connectivity index (χ0v) is 14.3. The van der Waals surface area contributed by atoms with Gasteiger partial charge in [0.2, 0.25) is 0 Å². The number of ether oxygens (including phenoxy) is 2. The summed E-state index contributed by atoms with van der Waals surface area (Å²) in [6.45, 7) is 3.00. The molecule has 10 heteroatoms. The molecule has 3 heterocycles. The lowest BCUT2D eigenvalue weighted by atomic mass is 10.1. The van der Waals surface area contributed by atoms with Crippen molar-refractivity contribution in [1.29, 1.82) is 0 Å². The minimum Gasteiger partial charge on any atom is -0.395 e. The summed E-state index contributed by atoms with van der Waals surface area (Å²) in [4.78, 5) is 16.1. The molecule has 2 amide bonds. The van der Waals surface area contributed by atoms with Crippen LogP contribution in [0.1, 0.15) is 5.56 Å². The summed E-state index contributed by atoms with van der Waals surface area (Å²) in [6, 6.07) is 7.92. The van der Waals surface area contributed by atoms with Gasteiger partial charge in [0.25, 0.3) is 0 Å².